The number of hydrogen-bond donors (Lipinski definition) is 2. The summed E-state index contributed by atoms with van der Waals surface area (Å²) in [5, 5.41) is 3.91. The van der Waals surface area contributed by atoms with Gasteiger partial charge in [0.15, 0.2) is 18.1 Å². The zero-order valence-corrected chi connectivity index (χ0v) is 21.9. The first-order valence-corrected chi connectivity index (χ1v) is 12.7. The number of hydrogen-bond acceptors (Lipinski definition) is 8. The SMILES string of the molecule is COc1ccc(N(CC(=O)N/N=C\c2ccc(OCC(N)=O)cc2)S(=O)(=O)c2ccc(C)cc2)cc1OC. The Bertz CT molecular complexity index is 1410. The van der Waals surface area contributed by atoms with Gasteiger partial charge in [0.05, 0.1) is 31.0 Å². The van der Waals surface area contributed by atoms with Crippen LogP contribution in [-0.2, 0) is 19.6 Å². The minimum Gasteiger partial charge on any atom is -0.493 e. The van der Waals surface area contributed by atoms with Crippen LogP contribution in [0.5, 0.6) is 17.2 Å². The van der Waals surface area contributed by atoms with Crippen molar-refractivity contribution in [2.75, 3.05) is 31.7 Å². The number of anilines is 1. The van der Waals surface area contributed by atoms with Crippen LogP contribution in [-0.4, -0.2) is 53.8 Å². The van der Waals surface area contributed by atoms with Crippen LogP contribution in [0.25, 0.3) is 0 Å². The second-order valence-corrected chi connectivity index (χ2v) is 9.84. The van der Waals surface area contributed by atoms with E-state index >= 15 is 0 Å². The van der Waals surface area contributed by atoms with Gasteiger partial charge in [-0.2, -0.15) is 5.10 Å². The molecule has 3 N–H and O–H groups in total. The molecule has 0 heterocycles. The Morgan fingerprint density at radius 2 is 1.63 bits per heavy atom. The van der Waals surface area contributed by atoms with Crippen LogP contribution >= 0.6 is 0 Å². The summed E-state index contributed by atoms with van der Waals surface area (Å²) in [5.41, 5.74) is 9.12. The highest BCUT2D eigenvalue weighted by atomic mass is 32.2. The number of benzene rings is 3. The van der Waals surface area contributed by atoms with Crippen LogP contribution in [0.3, 0.4) is 0 Å². The number of aryl methyl sites for hydroxylation is 1. The molecule has 0 aromatic heterocycles. The molecule has 0 aliphatic carbocycles. The van der Waals surface area contributed by atoms with Gasteiger partial charge in [-0.3, -0.25) is 13.9 Å². The van der Waals surface area contributed by atoms with Crippen molar-refractivity contribution in [2.45, 2.75) is 11.8 Å². The fourth-order valence-electron chi connectivity index (χ4n) is 3.28. The van der Waals surface area contributed by atoms with E-state index < -0.39 is 28.4 Å². The maximum absolute atomic E-state index is 13.6. The van der Waals surface area contributed by atoms with Gasteiger partial charge in [0.2, 0.25) is 0 Å². The summed E-state index contributed by atoms with van der Waals surface area (Å²) >= 11 is 0. The molecule has 11 nitrogen and oxygen atoms in total. The number of ether oxygens (including phenoxy) is 3. The summed E-state index contributed by atoms with van der Waals surface area (Å²) in [4.78, 5) is 23.6. The average Bonchev–Trinajstić information content (AvgIpc) is 2.91. The summed E-state index contributed by atoms with van der Waals surface area (Å²) in [6.07, 6.45) is 1.38. The van der Waals surface area contributed by atoms with Gasteiger partial charge in [0.1, 0.15) is 12.3 Å². The van der Waals surface area contributed by atoms with Crippen LogP contribution in [0, 0.1) is 6.92 Å². The third-order valence-electron chi connectivity index (χ3n) is 5.22. The Hall–Kier alpha value is -4.58. The summed E-state index contributed by atoms with van der Waals surface area (Å²) in [6.45, 7) is 1.05. The minimum absolute atomic E-state index is 0.0211. The summed E-state index contributed by atoms with van der Waals surface area (Å²) in [6, 6.07) is 17.4. The molecule has 0 fully saturated rings. The topological polar surface area (TPSA) is 150 Å². The van der Waals surface area contributed by atoms with Crippen molar-refractivity contribution in [1.29, 1.82) is 0 Å². The summed E-state index contributed by atoms with van der Waals surface area (Å²) in [5.74, 6) is -0.116. The van der Waals surface area contributed by atoms with E-state index in [0.717, 1.165) is 9.87 Å². The van der Waals surface area contributed by atoms with Crippen molar-refractivity contribution in [3.63, 3.8) is 0 Å². The molecule has 0 bridgehead atoms. The van der Waals surface area contributed by atoms with Gasteiger partial charge in [0.25, 0.3) is 21.8 Å². The molecule has 38 heavy (non-hydrogen) atoms. The van der Waals surface area contributed by atoms with Crippen LogP contribution < -0.4 is 29.7 Å². The molecule has 0 spiro atoms. The molecule has 0 atom stereocenters. The lowest BCUT2D eigenvalue weighted by Crippen LogP contribution is -2.39. The van der Waals surface area contributed by atoms with E-state index in [0.29, 0.717) is 22.8 Å². The molecule has 3 aromatic carbocycles. The van der Waals surface area contributed by atoms with E-state index in [1.807, 2.05) is 6.92 Å². The fraction of sp³-hybridized carbons (Fsp3) is 0.192. The molecular formula is C26H28N4O7S. The predicted molar refractivity (Wildman–Crippen MR) is 142 cm³/mol. The molecule has 0 saturated heterocycles. The Labute approximate surface area is 220 Å². The second kappa shape index (κ2) is 12.6. The monoisotopic (exact) mass is 540 g/mol. The van der Waals surface area contributed by atoms with E-state index in [1.165, 1.54) is 44.7 Å². The first kappa shape index (κ1) is 28.0. The molecule has 2 amide bonds. The number of nitrogens with one attached hydrogen (secondary N) is 1. The van der Waals surface area contributed by atoms with Crippen molar-refractivity contribution in [2.24, 2.45) is 10.8 Å². The van der Waals surface area contributed by atoms with Crippen LogP contribution in [0.4, 0.5) is 5.69 Å². The van der Waals surface area contributed by atoms with Crippen LogP contribution in [0.15, 0.2) is 76.7 Å². The minimum atomic E-state index is -4.13. The number of hydrazone groups is 1. The molecule has 0 saturated carbocycles. The number of primary amides is 1. The van der Waals surface area contributed by atoms with Crippen molar-refractivity contribution >= 4 is 33.7 Å². The largest absolute Gasteiger partial charge is 0.493 e. The van der Waals surface area contributed by atoms with Crippen LogP contribution in [0.2, 0.25) is 0 Å². The van der Waals surface area contributed by atoms with Gasteiger partial charge in [-0.25, -0.2) is 13.8 Å². The molecule has 3 rings (SSSR count). The number of nitrogens with zero attached hydrogens (tertiary/aromatic N) is 2. The van der Waals surface area contributed by atoms with Gasteiger partial charge < -0.3 is 19.9 Å². The number of sulfonamides is 1. The van der Waals surface area contributed by atoms with Gasteiger partial charge in [-0.15, -0.1) is 0 Å². The second-order valence-electron chi connectivity index (χ2n) is 7.98. The number of amides is 2. The third-order valence-corrected chi connectivity index (χ3v) is 7.00. The maximum atomic E-state index is 13.6. The molecule has 3 aromatic rings. The van der Waals surface area contributed by atoms with Crippen molar-refractivity contribution < 1.29 is 32.2 Å². The Morgan fingerprint density at radius 3 is 2.24 bits per heavy atom. The fourth-order valence-corrected chi connectivity index (χ4v) is 4.69. The smallest absolute Gasteiger partial charge is 0.264 e. The van der Waals surface area contributed by atoms with Crippen molar-refractivity contribution in [3.8, 4) is 17.2 Å². The number of nitrogens with two attached hydrogens (primary N) is 1. The normalized spacial score (nSPS) is 11.1. The van der Waals surface area contributed by atoms with E-state index in [4.69, 9.17) is 19.9 Å². The first-order valence-electron chi connectivity index (χ1n) is 11.3. The van der Waals surface area contributed by atoms with E-state index in [-0.39, 0.29) is 17.2 Å². The lowest BCUT2D eigenvalue weighted by molar-refractivity contribution is -0.120. The van der Waals surface area contributed by atoms with Gasteiger partial charge in [-0.05, 0) is 61.0 Å². The highest BCUT2D eigenvalue weighted by molar-refractivity contribution is 7.92. The van der Waals surface area contributed by atoms with Gasteiger partial charge >= 0.3 is 0 Å². The Morgan fingerprint density at radius 1 is 0.974 bits per heavy atom. The summed E-state index contributed by atoms with van der Waals surface area (Å²) in [7, 11) is -1.23. The number of methoxy groups -OCH3 is 2. The molecule has 0 radical (unpaired) electrons. The van der Waals surface area contributed by atoms with Gasteiger partial charge in [0, 0.05) is 6.07 Å². The molecule has 200 valence electrons. The highest BCUT2D eigenvalue weighted by Gasteiger charge is 2.28. The number of rotatable bonds is 12. The predicted octanol–water partition coefficient (Wildman–Crippen LogP) is 2.22. The van der Waals surface area contributed by atoms with E-state index in [2.05, 4.69) is 10.5 Å². The zero-order chi connectivity index (χ0) is 27.7. The Balaban J connectivity index is 1.80. The Kier molecular flexibility index (Phi) is 9.28. The molecule has 0 unspecified atom stereocenters. The van der Waals surface area contributed by atoms with E-state index in [1.54, 1.807) is 42.5 Å². The average molecular weight is 541 g/mol. The third kappa shape index (κ3) is 7.23. The summed E-state index contributed by atoms with van der Waals surface area (Å²) < 4.78 is 43.8. The van der Waals surface area contributed by atoms with Gasteiger partial charge in [-0.1, -0.05) is 17.7 Å². The maximum Gasteiger partial charge on any atom is 0.264 e. The molecular weight excluding hydrogens is 512 g/mol. The standard InChI is InChI=1S/C26H28N4O7S/c1-18-4-11-22(12-5-18)38(33,34)30(20-8-13-23(35-2)24(14-20)36-3)16-26(32)29-28-15-19-6-9-21(10-7-19)37-17-25(27)31/h4-15H,16-17H2,1-3H3,(H2,27,31)(H,29,32)/b28-15-. The number of carbonyl (C=O) groups is 2. The highest BCUT2D eigenvalue weighted by Crippen LogP contribution is 2.33. The van der Waals surface area contributed by atoms with Crippen molar-refractivity contribution in [1.82, 2.24) is 5.43 Å². The lowest BCUT2D eigenvalue weighted by Gasteiger charge is -2.24. The number of carbonyl (C=O) groups excluding carboxylic acids is 2. The van der Waals surface area contributed by atoms with E-state index in [9.17, 15) is 18.0 Å². The first-order chi connectivity index (χ1) is 18.1. The lowest BCUT2D eigenvalue weighted by atomic mass is 10.2. The van der Waals surface area contributed by atoms with Crippen molar-refractivity contribution in [3.05, 3.63) is 77.9 Å². The molecule has 0 aliphatic heterocycles. The quantitative estimate of drug-likeness (QED) is 0.264. The molecule has 0 aliphatic rings. The van der Waals surface area contributed by atoms with Crippen LogP contribution in [0.1, 0.15) is 11.1 Å². The molecule has 12 heteroatoms. The zero-order valence-electron chi connectivity index (χ0n) is 21.1.